The van der Waals surface area contributed by atoms with Gasteiger partial charge >= 0.3 is 0 Å². The van der Waals surface area contributed by atoms with Gasteiger partial charge in [-0.15, -0.1) is 0 Å². The molecule has 2 aromatic rings. The van der Waals surface area contributed by atoms with Crippen LogP contribution in [-0.2, 0) is 0 Å². The van der Waals surface area contributed by atoms with Crippen LogP contribution in [0.25, 0.3) is 0 Å². The van der Waals surface area contributed by atoms with Crippen LogP contribution in [0.5, 0.6) is 0 Å². The fourth-order valence-corrected chi connectivity index (χ4v) is 4.37. The fraction of sp³-hybridized carbons (Fsp3) is 0.423. The lowest BCUT2D eigenvalue weighted by Gasteiger charge is -2.20. The van der Waals surface area contributed by atoms with Gasteiger partial charge in [-0.3, -0.25) is 14.4 Å². The Kier molecular flexibility index (Phi) is 6.58. The average Bonchev–Trinajstić information content (AvgIpc) is 3.52. The molecule has 0 radical (unpaired) electrons. The van der Waals surface area contributed by atoms with Crippen molar-refractivity contribution in [1.29, 1.82) is 0 Å². The predicted octanol–water partition coefficient (Wildman–Crippen LogP) is 4.74. The normalized spacial score (nSPS) is 16.0. The molecule has 0 saturated carbocycles. The van der Waals surface area contributed by atoms with Crippen LogP contribution in [0.1, 0.15) is 70.6 Å². The molecule has 2 amide bonds. The molecule has 2 aromatic carbocycles. The average molecular weight is 434 g/mol. The number of nitrogens with zero attached hydrogens (tertiary/aromatic N) is 2. The van der Waals surface area contributed by atoms with Crippen LogP contribution in [0.4, 0.5) is 11.4 Å². The van der Waals surface area contributed by atoms with Crippen molar-refractivity contribution >= 4 is 29.0 Å². The number of likely N-dealkylation sites (tertiary alicyclic amines) is 2. The lowest BCUT2D eigenvalue weighted by molar-refractivity contribution is 0.0781. The van der Waals surface area contributed by atoms with E-state index in [0.717, 1.165) is 57.5 Å². The molecule has 168 valence electrons. The molecule has 0 spiro atoms. The Morgan fingerprint density at radius 2 is 1.28 bits per heavy atom. The quantitative estimate of drug-likeness (QED) is 0.668. The van der Waals surface area contributed by atoms with E-state index in [4.69, 9.17) is 0 Å². The highest BCUT2D eigenvalue weighted by Gasteiger charge is 2.25. The summed E-state index contributed by atoms with van der Waals surface area (Å²) in [5.41, 5.74) is 3.20. The Hall–Kier alpha value is -3.15. The first-order valence-electron chi connectivity index (χ1n) is 11.6. The molecule has 32 heavy (non-hydrogen) atoms. The highest BCUT2D eigenvalue weighted by molar-refractivity contribution is 6.03. The number of Topliss-reactive ketones (excluding diaryl/α,β-unsaturated/α-hetero) is 1. The van der Waals surface area contributed by atoms with E-state index < -0.39 is 0 Å². The summed E-state index contributed by atoms with van der Waals surface area (Å²) in [5.74, 6) is 0.0202. The minimum Gasteiger partial charge on any atom is -0.355 e. The standard InChI is InChI=1S/C26H31N3O3/c1-18(2)24(30)19-7-10-21(11-8-19)27-23-17-20(25(31)28-13-3-4-14-28)9-12-22(23)26(32)29-15-5-6-16-29/h7-12,17-18,27H,3-6,13-16H2,1-2H3. The largest absolute Gasteiger partial charge is 0.355 e. The van der Waals surface area contributed by atoms with E-state index in [-0.39, 0.29) is 23.5 Å². The number of anilines is 2. The van der Waals surface area contributed by atoms with Gasteiger partial charge in [0.25, 0.3) is 11.8 Å². The molecule has 0 unspecified atom stereocenters. The smallest absolute Gasteiger partial charge is 0.255 e. The molecule has 2 saturated heterocycles. The van der Waals surface area contributed by atoms with Crippen LogP contribution >= 0.6 is 0 Å². The first-order valence-corrected chi connectivity index (χ1v) is 11.6. The van der Waals surface area contributed by atoms with E-state index in [0.29, 0.717) is 22.4 Å². The van der Waals surface area contributed by atoms with Crippen LogP contribution in [0.3, 0.4) is 0 Å². The lowest BCUT2D eigenvalue weighted by atomic mass is 10.0. The second-order valence-corrected chi connectivity index (χ2v) is 8.98. The Balaban J connectivity index is 1.63. The van der Waals surface area contributed by atoms with E-state index in [1.165, 1.54) is 0 Å². The van der Waals surface area contributed by atoms with Gasteiger partial charge in [0.2, 0.25) is 0 Å². The van der Waals surface area contributed by atoms with Gasteiger partial charge in [0.15, 0.2) is 5.78 Å². The van der Waals surface area contributed by atoms with Crippen molar-refractivity contribution in [3.8, 4) is 0 Å². The maximum Gasteiger partial charge on any atom is 0.255 e. The Labute approximate surface area is 189 Å². The van der Waals surface area contributed by atoms with Crippen LogP contribution in [0.15, 0.2) is 42.5 Å². The van der Waals surface area contributed by atoms with Gasteiger partial charge < -0.3 is 15.1 Å². The molecule has 1 N–H and O–H groups in total. The second kappa shape index (κ2) is 9.55. The van der Waals surface area contributed by atoms with Crippen molar-refractivity contribution in [1.82, 2.24) is 9.80 Å². The third-order valence-electron chi connectivity index (χ3n) is 6.26. The number of carbonyl (C=O) groups excluding carboxylic acids is 3. The zero-order chi connectivity index (χ0) is 22.7. The summed E-state index contributed by atoms with van der Waals surface area (Å²) in [4.78, 5) is 42.1. The zero-order valence-corrected chi connectivity index (χ0v) is 18.9. The summed E-state index contributed by atoms with van der Waals surface area (Å²) in [7, 11) is 0. The van der Waals surface area contributed by atoms with Gasteiger partial charge in [-0.25, -0.2) is 0 Å². The van der Waals surface area contributed by atoms with Crippen molar-refractivity contribution in [2.75, 3.05) is 31.5 Å². The third-order valence-corrected chi connectivity index (χ3v) is 6.26. The number of nitrogens with one attached hydrogen (secondary N) is 1. The molecule has 6 nitrogen and oxygen atoms in total. The van der Waals surface area contributed by atoms with Gasteiger partial charge in [-0.05, 0) is 68.1 Å². The molecule has 2 fully saturated rings. The van der Waals surface area contributed by atoms with Crippen molar-refractivity contribution < 1.29 is 14.4 Å². The summed E-state index contributed by atoms with van der Waals surface area (Å²) in [6.07, 6.45) is 4.10. The Morgan fingerprint density at radius 1 is 0.750 bits per heavy atom. The Morgan fingerprint density at radius 3 is 1.84 bits per heavy atom. The summed E-state index contributed by atoms with van der Waals surface area (Å²) < 4.78 is 0. The highest BCUT2D eigenvalue weighted by Crippen LogP contribution is 2.27. The molecule has 2 aliphatic heterocycles. The summed E-state index contributed by atoms with van der Waals surface area (Å²) in [6, 6.07) is 12.6. The molecule has 0 aliphatic carbocycles. The van der Waals surface area contributed by atoms with Crippen LogP contribution in [-0.4, -0.2) is 53.6 Å². The van der Waals surface area contributed by atoms with Crippen LogP contribution < -0.4 is 5.32 Å². The number of carbonyl (C=O) groups is 3. The number of amides is 2. The SMILES string of the molecule is CC(C)C(=O)c1ccc(Nc2cc(C(=O)N3CCCC3)ccc2C(=O)N2CCCC2)cc1. The number of ketones is 1. The summed E-state index contributed by atoms with van der Waals surface area (Å²) in [5, 5.41) is 3.33. The van der Waals surface area contributed by atoms with E-state index in [9.17, 15) is 14.4 Å². The first kappa shape index (κ1) is 22.1. The first-order chi connectivity index (χ1) is 15.4. The molecular weight excluding hydrogens is 402 g/mol. The van der Waals surface area contributed by atoms with Crippen molar-refractivity contribution in [3.63, 3.8) is 0 Å². The lowest BCUT2D eigenvalue weighted by Crippen LogP contribution is -2.29. The van der Waals surface area contributed by atoms with E-state index in [1.54, 1.807) is 30.3 Å². The molecule has 2 aliphatic rings. The third kappa shape index (κ3) is 4.69. The number of benzene rings is 2. The van der Waals surface area contributed by atoms with E-state index in [2.05, 4.69) is 5.32 Å². The molecule has 2 heterocycles. The zero-order valence-electron chi connectivity index (χ0n) is 18.9. The van der Waals surface area contributed by atoms with E-state index >= 15 is 0 Å². The molecule has 4 rings (SSSR count). The minimum absolute atomic E-state index is 0.00333. The van der Waals surface area contributed by atoms with Crippen LogP contribution in [0.2, 0.25) is 0 Å². The fourth-order valence-electron chi connectivity index (χ4n) is 4.37. The van der Waals surface area contributed by atoms with Gasteiger partial charge in [0.1, 0.15) is 0 Å². The van der Waals surface area contributed by atoms with Gasteiger partial charge in [-0.2, -0.15) is 0 Å². The maximum atomic E-state index is 13.2. The topological polar surface area (TPSA) is 69.7 Å². The Bertz CT molecular complexity index is 1000. The molecule has 0 aromatic heterocycles. The molecular formula is C26H31N3O3. The van der Waals surface area contributed by atoms with Crippen molar-refractivity contribution in [2.45, 2.75) is 39.5 Å². The minimum atomic E-state index is -0.0632. The van der Waals surface area contributed by atoms with Crippen LogP contribution in [0, 0.1) is 5.92 Å². The van der Waals surface area contributed by atoms with Gasteiger partial charge in [-0.1, -0.05) is 13.8 Å². The monoisotopic (exact) mass is 433 g/mol. The highest BCUT2D eigenvalue weighted by atomic mass is 16.2. The number of hydrogen-bond donors (Lipinski definition) is 1. The molecule has 6 heteroatoms. The van der Waals surface area contributed by atoms with Gasteiger partial charge in [0.05, 0.1) is 11.3 Å². The predicted molar refractivity (Wildman–Crippen MR) is 126 cm³/mol. The molecule has 0 atom stereocenters. The van der Waals surface area contributed by atoms with Gasteiger partial charge in [0, 0.05) is 48.9 Å². The van der Waals surface area contributed by atoms with Crippen molar-refractivity contribution in [2.24, 2.45) is 5.92 Å². The summed E-state index contributed by atoms with van der Waals surface area (Å²) in [6.45, 7) is 6.85. The second-order valence-electron chi connectivity index (χ2n) is 8.98. The van der Waals surface area contributed by atoms with E-state index in [1.807, 2.05) is 35.8 Å². The number of rotatable bonds is 6. The molecule has 0 bridgehead atoms. The maximum absolute atomic E-state index is 13.2. The summed E-state index contributed by atoms with van der Waals surface area (Å²) >= 11 is 0. The number of hydrogen-bond acceptors (Lipinski definition) is 4. The van der Waals surface area contributed by atoms with Crippen molar-refractivity contribution in [3.05, 3.63) is 59.2 Å².